The third-order valence-electron chi connectivity index (χ3n) is 3.25. The Morgan fingerprint density at radius 3 is 2.68 bits per heavy atom. The van der Waals surface area contributed by atoms with Gasteiger partial charge in [-0.2, -0.15) is 4.98 Å². The van der Waals surface area contributed by atoms with Crippen LogP contribution in [0.5, 0.6) is 0 Å². The maximum Gasteiger partial charge on any atom is 0.289 e. The summed E-state index contributed by atoms with van der Waals surface area (Å²) in [7, 11) is 0. The molecule has 1 unspecified atom stereocenters. The van der Waals surface area contributed by atoms with Gasteiger partial charge in [0.25, 0.3) is 11.9 Å². The van der Waals surface area contributed by atoms with Crippen molar-refractivity contribution >= 4 is 5.91 Å². The van der Waals surface area contributed by atoms with E-state index in [0.29, 0.717) is 5.95 Å². The van der Waals surface area contributed by atoms with Crippen molar-refractivity contribution in [1.29, 1.82) is 0 Å². The van der Waals surface area contributed by atoms with E-state index in [9.17, 15) is 4.79 Å². The molecule has 2 N–H and O–H groups in total. The van der Waals surface area contributed by atoms with E-state index in [1.54, 1.807) is 0 Å². The van der Waals surface area contributed by atoms with Crippen LogP contribution in [0.25, 0.3) is 5.95 Å². The molecule has 0 spiro atoms. The average Bonchev–Trinajstić information content (AvgIpc) is 3.23. The molecule has 0 saturated carbocycles. The summed E-state index contributed by atoms with van der Waals surface area (Å²) in [4.78, 5) is 16.4. The molecule has 0 saturated heterocycles. The first-order chi connectivity index (χ1) is 10.8. The number of H-pyrrole nitrogens is 1. The second-order valence-corrected chi connectivity index (χ2v) is 4.70. The summed E-state index contributed by atoms with van der Waals surface area (Å²) in [5.41, 5.74) is 1.05. The Balaban J connectivity index is 1.74. The highest BCUT2D eigenvalue weighted by molar-refractivity contribution is 5.90. The standard InChI is InChI=1S/C14H15N7O/c1-2-11(10-6-4-3-5-7-10)17-13(22)12-18-14(20-19-12)21-8-15-16-9-21/h3-9,11H,2H2,1H3,(H,17,22)(H,18,19,20). The molecule has 0 bridgehead atoms. The van der Waals surface area contributed by atoms with Gasteiger partial charge in [0.15, 0.2) is 0 Å². The molecule has 8 heteroatoms. The van der Waals surface area contributed by atoms with Gasteiger partial charge in [-0.25, -0.2) is 0 Å². The van der Waals surface area contributed by atoms with Crippen molar-refractivity contribution in [2.45, 2.75) is 19.4 Å². The molecular weight excluding hydrogens is 282 g/mol. The van der Waals surface area contributed by atoms with E-state index in [0.717, 1.165) is 12.0 Å². The summed E-state index contributed by atoms with van der Waals surface area (Å²) < 4.78 is 1.52. The van der Waals surface area contributed by atoms with E-state index >= 15 is 0 Å². The van der Waals surface area contributed by atoms with Crippen molar-refractivity contribution in [3.63, 3.8) is 0 Å². The van der Waals surface area contributed by atoms with Crippen LogP contribution >= 0.6 is 0 Å². The molecule has 0 aliphatic carbocycles. The lowest BCUT2D eigenvalue weighted by molar-refractivity contribution is 0.0925. The summed E-state index contributed by atoms with van der Waals surface area (Å²) in [6.45, 7) is 2.01. The number of benzene rings is 1. The number of rotatable bonds is 5. The lowest BCUT2D eigenvalue weighted by Crippen LogP contribution is -2.29. The van der Waals surface area contributed by atoms with Crippen LogP contribution in [0.3, 0.4) is 0 Å². The van der Waals surface area contributed by atoms with Crippen molar-refractivity contribution in [2.75, 3.05) is 0 Å². The molecule has 1 atom stereocenters. The SMILES string of the molecule is CCC(NC(=O)c1nc(-n2cnnc2)n[nH]1)c1ccccc1. The number of carbonyl (C=O) groups is 1. The predicted molar refractivity (Wildman–Crippen MR) is 78.2 cm³/mol. The zero-order valence-electron chi connectivity index (χ0n) is 12.0. The Morgan fingerprint density at radius 2 is 2.00 bits per heavy atom. The molecule has 2 heterocycles. The molecule has 0 fully saturated rings. The summed E-state index contributed by atoms with van der Waals surface area (Å²) in [5.74, 6) is 0.170. The molecule has 0 radical (unpaired) electrons. The number of amides is 1. The Labute approximate surface area is 126 Å². The monoisotopic (exact) mass is 297 g/mol. The van der Waals surface area contributed by atoms with E-state index in [4.69, 9.17) is 0 Å². The molecule has 8 nitrogen and oxygen atoms in total. The number of nitrogens with zero attached hydrogens (tertiary/aromatic N) is 5. The van der Waals surface area contributed by atoms with E-state index in [1.165, 1.54) is 17.2 Å². The van der Waals surface area contributed by atoms with Crippen LogP contribution in [0, 0.1) is 0 Å². The number of aromatic nitrogens is 6. The first-order valence-electron chi connectivity index (χ1n) is 6.91. The van der Waals surface area contributed by atoms with Gasteiger partial charge in [-0.15, -0.1) is 15.3 Å². The van der Waals surface area contributed by atoms with Gasteiger partial charge in [0.1, 0.15) is 12.7 Å². The summed E-state index contributed by atoms with van der Waals surface area (Å²) in [5, 5.41) is 16.9. The van der Waals surface area contributed by atoms with Gasteiger partial charge in [0, 0.05) is 0 Å². The van der Waals surface area contributed by atoms with Crippen LogP contribution < -0.4 is 5.32 Å². The van der Waals surface area contributed by atoms with Crippen molar-refractivity contribution in [2.24, 2.45) is 0 Å². The van der Waals surface area contributed by atoms with Crippen molar-refractivity contribution in [3.8, 4) is 5.95 Å². The molecule has 1 amide bonds. The maximum atomic E-state index is 12.3. The zero-order valence-corrected chi connectivity index (χ0v) is 12.0. The quantitative estimate of drug-likeness (QED) is 0.738. The molecule has 112 valence electrons. The molecule has 0 aliphatic heterocycles. The average molecular weight is 297 g/mol. The summed E-state index contributed by atoms with van der Waals surface area (Å²) in [6.07, 6.45) is 3.70. The van der Waals surface area contributed by atoms with Crippen LogP contribution in [0.1, 0.15) is 35.6 Å². The second kappa shape index (κ2) is 6.17. The van der Waals surface area contributed by atoms with Crippen LogP contribution in [-0.2, 0) is 0 Å². The molecule has 2 aromatic heterocycles. The van der Waals surface area contributed by atoms with Gasteiger partial charge in [-0.3, -0.25) is 14.5 Å². The maximum absolute atomic E-state index is 12.3. The minimum Gasteiger partial charge on any atom is -0.343 e. The molecule has 3 aromatic rings. The first kappa shape index (κ1) is 13.9. The lowest BCUT2D eigenvalue weighted by Gasteiger charge is -2.16. The second-order valence-electron chi connectivity index (χ2n) is 4.70. The van der Waals surface area contributed by atoms with Gasteiger partial charge in [0.2, 0.25) is 5.82 Å². The Bertz CT molecular complexity index is 736. The smallest absolute Gasteiger partial charge is 0.289 e. The number of hydrogen-bond acceptors (Lipinski definition) is 5. The van der Waals surface area contributed by atoms with Gasteiger partial charge in [-0.1, -0.05) is 37.3 Å². The zero-order chi connectivity index (χ0) is 15.4. The fourth-order valence-electron chi connectivity index (χ4n) is 2.11. The fraction of sp³-hybridized carbons (Fsp3) is 0.214. The van der Waals surface area contributed by atoms with Gasteiger partial charge in [0.05, 0.1) is 6.04 Å². The van der Waals surface area contributed by atoms with E-state index in [-0.39, 0.29) is 17.8 Å². The van der Waals surface area contributed by atoms with Gasteiger partial charge >= 0.3 is 0 Å². The third kappa shape index (κ3) is 2.85. The molecule has 3 rings (SSSR count). The highest BCUT2D eigenvalue weighted by Crippen LogP contribution is 2.16. The van der Waals surface area contributed by atoms with Crippen molar-refractivity contribution < 1.29 is 4.79 Å². The number of aromatic amines is 1. The van der Waals surface area contributed by atoms with Gasteiger partial charge < -0.3 is 5.32 Å². The topological polar surface area (TPSA) is 101 Å². The summed E-state index contributed by atoms with van der Waals surface area (Å²) >= 11 is 0. The van der Waals surface area contributed by atoms with Crippen LogP contribution in [0.4, 0.5) is 0 Å². The largest absolute Gasteiger partial charge is 0.343 e. The fourth-order valence-corrected chi connectivity index (χ4v) is 2.11. The minimum atomic E-state index is -0.303. The minimum absolute atomic E-state index is 0.0721. The predicted octanol–water partition coefficient (Wildman–Crippen LogP) is 1.27. The van der Waals surface area contributed by atoms with Gasteiger partial charge in [-0.05, 0) is 12.0 Å². The Hall–Kier alpha value is -3.03. The summed E-state index contributed by atoms with van der Waals surface area (Å²) in [6, 6.07) is 9.73. The molecule has 0 aliphatic rings. The van der Waals surface area contributed by atoms with Crippen LogP contribution in [0.2, 0.25) is 0 Å². The molecular formula is C14H15N7O. The number of nitrogens with one attached hydrogen (secondary N) is 2. The van der Waals surface area contributed by atoms with Crippen LogP contribution in [-0.4, -0.2) is 35.9 Å². The lowest BCUT2D eigenvalue weighted by atomic mass is 10.0. The highest BCUT2D eigenvalue weighted by atomic mass is 16.2. The highest BCUT2D eigenvalue weighted by Gasteiger charge is 2.17. The van der Waals surface area contributed by atoms with E-state index < -0.39 is 0 Å². The van der Waals surface area contributed by atoms with E-state index in [1.807, 2.05) is 37.3 Å². The normalized spacial score (nSPS) is 12.0. The van der Waals surface area contributed by atoms with Crippen LogP contribution in [0.15, 0.2) is 43.0 Å². The van der Waals surface area contributed by atoms with Crippen molar-refractivity contribution in [3.05, 3.63) is 54.4 Å². The molecule has 1 aromatic carbocycles. The number of hydrogen-bond donors (Lipinski definition) is 2. The number of carbonyl (C=O) groups excluding carboxylic acids is 1. The van der Waals surface area contributed by atoms with Crippen molar-refractivity contribution in [1.82, 2.24) is 35.3 Å². The Morgan fingerprint density at radius 1 is 1.27 bits per heavy atom. The van der Waals surface area contributed by atoms with E-state index in [2.05, 4.69) is 30.7 Å². The third-order valence-corrected chi connectivity index (χ3v) is 3.25. The Kier molecular flexibility index (Phi) is 3.90. The first-order valence-corrected chi connectivity index (χ1v) is 6.91. The molecule has 22 heavy (non-hydrogen) atoms.